The average molecular weight is 284 g/mol. The van der Waals surface area contributed by atoms with E-state index in [2.05, 4.69) is 12.2 Å². The summed E-state index contributed by atoms with van der Waals surface area (Å²) in [6.07, 6.45) is 18.6. The fourth-order valence-electron chi connectivity index (χ4n) is 2.21. The van der Waals surface area contributed by atoms with E-state index < -0.39 is 5.97 Å². The van der Waals surface area contributed by atoms with Crippen molar-refractivity contribution < 1.29 is 15.0 Å². The van der Waals surface area contributed by atoms with E-state index in [1.165, 1.54) is 51.4 Å². The average Bonchev–Trinajstić information content (AvgIpc) is 2.43. The highest BCUT2D eigenvalue weighted by atomic mass is 16.4. The molecule has 0 aromatic heterocycles. The van der Waals surface area contributed by atoms with Gasteiger partial charge in [0.1, 0.15) is 0 Å². The topological polar surface area (TPSA) is 57.5 Å². The zero-order valence-corrected chi connectivity index (χ0v) is 12.9. The predicted octanol–water partition coefficient (Wildman–Crippen LogP) is 4.69. The molecule has 0 bridgehead atoms. The molecule has 20 heavy (non-hydrogen) atoms. The van der Waals surface area contributed by atoms with Crippen molar-refractivity contribution >= 4 is 5.97 Å². The van der Waals surface area contributed by atoms with E-state index in [9.17, 15) is 4.79 Å². The van der Waals surface area contributed by atoms with Crippen LogP contribution in [0.25, 0.3) is 0 Å². The van der Waals surface area contributed by atoms with E-state index >= 15 is 0 Å². The van der Waals surface area contributed by atoms with E-state index in [1.54, 1.807) is 0 Å². The Morgan fingerprint density at radius 1 is 0.700 bits per heavy atom. The molecule has 0 atom stereocenters. The third-order valence-corrected chi connectivity index (χ3v) is 3.46. The molecule has 3 nitrogen and oxygen atoms in total. The monoisotopic (exact) mass is 284 g/mol. The third-order valence-electron chi connectivity index (χ3n) is 3.46. The lowest BCUT2D eigenvalue weighted by Gasteiger charge is -1.99. The molecule has 0 aliphatic carbocycles. The minimum atomic E-state index is -0.675. The Hall–Kier alpha value is -0.830. The van der Waals surface area contributed by atoms with Gasteiger partial charge >= 0.3 is 5.97 Å². The quantitative estimate of drug-likeness (QED) is 0.339. The molecule has 0 radical (unpaired) electrons. The molecule has 0 amide bonds. The van der Waals surface area contributed by atoms with Gasteiger partial charge in [-0.05, 0) is 38.5 Å². The van der Waals surface area contributed by atoms with Gasteiger partial charge < -0.3 is 10.2 Å². The molecule has 3 heteroatoms. The number of carbonyl (C=O) groups is 1. The van der Waals surface area contributed by atoms with Crippen molar-refractivity contribution in [3.05, 3.63) is 12.2 Å². The SMILES string of the molecule is O=C(O)CCCCCCCC/C=C/CCCCCCO. The number of carboxylic acids is 1. The standard InChI is InChI=1S/C17H32O3/c18-16-14-12-10-8-6-4-2-1-3-5-7-9-11-13-15-17(19)20/h2,4,18H,1,3,5-16H2,(H,19,20)/b4-2+. The Balaban J connectivity index is 3.06. The van der Waals surface area contributed by atoms with E-state index in [0.717, 1.165) is 25.7 Å². The number of aliphatic hydroxyl groups is 1. The van der Waals surface area contributed by atoms with Crippen molar-refractivity contribution in [3.8, 4) is 0 Å². The van der Waals surface area contributed by atoms with Gasteiger partial charge in [-0.15, -0.1) is 0 Å². The molecule has 2 N–H and O–H groups in total. The minimum Gasteiger partial charge on any atom is -0.481 e. The van der Waals surface area contributed by atoms with Gasteiger partial charge in [0.15, 0.2) is 0 Å². The molecule has 0 spiro atoms. The second-order valence-corrected chi connectivity index (χ2v) is 5.45. The minimum absolute atomic E-state index is 0.320. The lowest BCUT2D eigenvalue weighted by molar-refractivity contribution is -0.137. The molecule has 0 heterocycles. The number of carboxylic acid groups (broad SMARTS) is 1. The van der Waals surface area contributed by atoms with Gasteiger partial charge in [0.05, 0.1) is 0 Å². The molecular weight excluding hydrogens is 252 g/mol. The lowest BCUT2D eigenvalue weighted by Crippen LogP contribution is -1.93. The van der Waals surface area contributed by atoms with Gasteiger partial charge in [-0.25, -0.2) is 0 Å². The van der Waals surface area contributed by atoms with Gasteiger partial charge in [0.2, 0.25) is 0 Å². The summed E-state index contributed by atoms with van der Waals surface area (Å²) < 4.78 is 0. The maximum Gasteiger partial charge on any atom is 0.303 e. The van der Waals surface area contributed by atoms with Crippen LogP contribution in [0.5, 0.6) is 0 Å². The van der Waals surface area contributed by atoms with Gasteiger partial charge in [0.25, 0.3) is 0 Å². The second kappa shape index (κ2) is 16.2. The van der Waals surface area contributed by atoms with Crippen molar-refractivity contribution in [3.63, 3.8) is 0 Å². The summed E-state index contributed by atoms with van der Waals surface area (Å²) in [5.41, 5.74) is 0. The first-order valence-corrected chi connectivity index (χ1v) is 8.25. The van der Waals surface area contributed by atoms with Crippen LogP contribution in [-0.2, 0) is 4.79 Å². The molecule has 0 aromatic carbocycles. The van der Waals surface area contributed by atoms with Crippen molar-refractivity contribution in [2.45, 2.75) is 83.5 Å². The summed E-state index contributed by atoms with van der Waals surface area (Å²) in [6, 6.07) is 0. The molecule has 0 unspecified atom stereocenters. The Morgan fingerprint density at radius 2 is 1.15 bits per heavy atom. The Bertz CT molecular complexity index is 236. The number of allylic oxidation sites excluding steroid dienone is 2. The van der Waals surface area contributed by atoms with E-state index in [-0.39, 0.29) is 0 Å². The molecule has 0 saturated heterocycles. The van der Waals surface area contributed by atoms with Crippen LogP contribution in [0.2, 0.25) is 0 Å². The summed E-state index contributed by atoms with van der Waals surface area (Å²) in [6.45, 7) is 0.326. The number of rotatable bonds is 15. The van der Waals surface area contributed by atoms with Crippen molar-refractivity contribution in [1.29, 1.82) is 0 Å². The van der Waals surface area contributed by atoms with Gasteiger partial charge in [-0.1, -0.05) is 50.7 Å². The van der Waals surface area contributed by atoms with Gasteiger partial charge in [0, 0.05) is 13.0 Å². The Labute approximate surface area is 124 Å². The second-order valence-electron chi connectivity index (χ2n) is 5.45. The van der Waals surface area contributed by atoms with E-state index in [1.807, 2.05) is 0 Å². The Morgan fingerprint density at radius 3 is 1.65 bits per heavy atom. The molecule has 118 valence electrons. The number of hydrogen-bond acceptors (Lipinski definition) is 2. The molecule has 0 aliphatic rings. The normalized spacial score (nSPS) is 11.2. The maximum absolute atomic E-state index is 10.3. The highest BCUT2D eigenvalue weighted by Gasteiger charge is 1.96. The third kappa shape index (κ3) is 17.2. The van der Waals surface area contributed by atoms with Crippen molar-refractivity contribution in [2.75, 3.05) is 6.61 Å². The van der Waals surface area contributed by atoms with Crippen LogP contribution in [0.1, 0.15) is 83.5 Å². The highest BCUT2D eigenvalue weighted by Crippen LogP contribution is 2.09. The first kappa shape index (κ1) is 19.2. The van der Waals surface area contributed by atoms with E-state index in [4.69, 9.17) is 10.2 Å². The van der Waals surface area contributed by atoms with Crippen LogP contribution in [0.15, 0.2) is 12.2 Å². The van der Waals surface area contributed by atoms with Crippen molar-refractivity contribution in [2.24, 2.45) is 0 Å². The van der Waals surface area contributed by atoms with Crippen LogP contribution in [-0.4, -0.2) is 22.8 Å². The highest BCUT2D eigenvalue weighted by molar-refractivity contribution is 5.66. The Kier molecular flexibility index (Phi) is 15.6. The zero-order valence-electron chi connectivity index (χ0n) is 12.9. The van der Waals surface area contributed by atoms with Crippen LogP contribution < -0.4 is 0 Å². The van der Waals surface area contributed by atoms with Crippen LogP contribution in [0.3, 0.4) is 0 Å². The first-order valence-electron chi connectivity index (χ1n) is 8.25. The van der Waals surface area contributed by atoms with Crippen LogP contribution >= 0.6 is 0 Å². The number of aliphatic hydroxyl groups excluding tert-OH is 1. The number of hydrogen-bond donors (Lipinski definition) is 2. The summed E-state index contributed by atoms with van der Waals surface area (Å²) in [4.78, 5) is 10.3. The number of aliphatic carboxylic acids is 1. The molecule has 0 fully saturated rings. The first-order chi connectivity index (χ1) is 9.77. The van der Waals surface area contributed by atoms with Crippen LogP contribution in [0, 0.1) is 0 Å². The molecule has 0 aliphatic heterocycles. The van der Waals surface area contributed by atoms with Gasteiger partial charge in [-0.2, -0.15) is 0 Å². The molecule has 0 rings (SSSR count). The molecule has 0 aromatic rings. The molecule has 0 saturated carbocycles. The summed E-state index contributed by atoms with van der Waals surface area (Å²) in [7, 11) is 0. The van der Waals surface area contributed by atoms with Gasteiger partial charge in [-0.3, -0.25) is 4.79 Å². The summed E-state index contributed by atoms with van der Waals surface area (Å²) >= 11 is 0. The zero-order chi connectivity index (χ0) is 14.9. The fraction of sp³-hybridized carbons (Fsp3) is 0.824. The maximum atomic E-state index is 10.3. The predicted molar refractivity (Wildman–Crippen MR) is 83.9 cm³/mol. The summed E-state index contributed by atoms with van der Waals surface area (Å²) in [5, 5.41) is 17.1. The molecular formula is C17H32O3. The fourth-order valence-corrected chi connectivity index (χ4v) is 2.21. The van der Waals surface area contributed by atoms with Crippen LogP contribution in [0.4, 0.5) is 0 Å². The van der Waals surface area contributed by atoms with Crippen molar-refractivity contribution in [1.82, 2.24) is 0 Å². The van der Waals surface area contributed by atoms with E-state index in [0.29, 0.717) is 13.0 Å². The smallest absolute Gasteiger partial charge is 0.303 e. The summed E-state index contributed by atoms with van der Waals surface area (Å²) in [5.74, 6) is -0.675. The number of unbranched alkanes of at least 4 members (excludes halogenated alkanes) is 10. The lowest BCUT2D eigenvalue weighted by atomic mass is 10.1. The largest absolute Gasteiger partial charge is 0.481 e.